The fraction of sp³-hybridized carbons (Fsp3) is 0.400. The van der Waals surface area contributed by atoms with Gasteiger partial charge in [-0.3, -0.25) is 4.79 Å². The Morgan fingerprint density at radius 1 is 1.14 bits per heavy atom. The Balaban J connectivity index is 1.84. The normalized spacial score (nSPS) is 15.2. The third-order valence-corrected chi connectivity index (χ3v) is 3.48. The standard InChI is InChI=1S/C15H18N4O2/c1-11-7-12(2)9-13(8-11)19-10-14(16-17-19)15(20)18-3-5-21-6-4-18/h7-10H,3-6H2,1-2H3. The van der Waals surface area contributed by atoms with E-state index < -0.39 is 0 Å². The van der Waals surface area contributed by atoms with Crippen LogP contribution in [0, 0.1) is 13.8 Å². The van der Waals surface area contributed by atoms with Crippen LogP contribution in [0.3, 0.4) is 0 Å². The number of morpholine rings is 1. The molecule has 0 atom stereocenters. The van der Waals surface area contributed by atoms with Gasteiger partial charge in [-0.25, -0.2) is 4.68 Å². The average Bonchev–Trinajstić information content (AvgIpc) is 2.96. The number of carbonyl (C=O) groups is 1. The molecule has 0 unspecified atom stereocenters. The zero-order chi connectivity index (χ0) is 14.8. The first-order chi connectivity index (χ1) is 10.1. The number of hydrogen-bond donors (Lipinski definition) is 0. The van der Waals surface area contributed by atoms with E-state index >= 15 is 0 Å². The van der Waals surface area contributed by atoms with Gasteiger partial charge in [0.2, 0.25) is 0 Å². The molecule has 2 heterocycles. The van der Waals surface area contributed by atoms with E-state index in [2.05, 4.69) is 16.4 Å². The molecule has 0 bridgehead atoms. The van der Waals surface area contributed by atoms with E-state index in [1.54, 1.807) is 15.8 Å². The molecule has 1 aliphatic rings. The highest BCUT2D eigenvalue weighted by Crippen LogP contribution is 2.13. The second kappa shape index (κ2) is 5.65. The fourth-order valence-corrected chi connectivity index (χ4v) is 2.50. The van der Waals surface area contributed by atoms with Crippen molar-refractivity contribution in [2.24, 2.45) is 0 Å². The van der Waals surface area contributed by atoms with Gasteiger partial charge < -0.3 is 9.64 Å². The van der Waals surface area contributed by atoms with Crippen molar-refractivity contribution in [3.63, 3.8) is 0 Å². The molecule has 1 aliphatic heterocycles. The summed E-state index contributed by atoms with van der Waals surface area (Å²) >= 11 is 0. The molecule has 1 fully saturated rings. The SMILES string of the molecule is Cc1cc(C)cc(-n2cc(C(=O)N3CCOCC3)nn2)c1. The first-order valence-corrected chi connectivity index (χ1v) is 7.01. The number of carbonyl (C=O) groups excluding carboxylic acids is 1. The van der Waals surface area contributed by atoms with Gasteiger partial charge in [-0.1, -0.05) is 11.3 Å². The van der Waals surface area contributed by atoms with Crippen molar-refractivity contribution in [3.05, 3.63) is 41.2 Å². The number of hydrogen-bond acceptors (Lipinski definition) is 4. The second-order valence-corrected chi connectivity index (χ2v) is 5.30. The summed E-state index contributed by atoms with van der Waals surface area (Å²) in [7, 11) is 0. The molecule has 6 nitrogen and oxygen atoms in total. The summed E-state index contributed by atoms with van der Waals surface area (Å²) in [5.74, 6) is -0.0890. The van der Waals surface area contributed by atoms with Crippen molar-refractivity contribution in [1.82, 2.24) is 19.9 Å². The largest absolute Gasteiger partial charge is 0.378 e. The quantitative estimate of drug-likeness (QED) is 0.836. The van der Waals surface area contributed by atoms with E-state index in [-0.39, 0.29) is 5.91 Å². The number of nitrogens with zero attached hydrogens (tertiary/aromatic N) is 4. The van der Waals surface area contributed by atoms with E-state index in [4.69, 9.17) is 4.74 Å². The van der Waals surface area contributed by atoms with Gasteiger partial charge in [-0.15, -0.1) is 5.10 Å². The first kappa shape index (κ1) is 13.8. The average molecular weight is 286 g/mol. The molecule has 110 valence electrons. The zero-order valence-corrected chi connectivity index (χ0v) is 12.2. The predicted molar refractivity (Wildman–Crippen MR) is 77.6 cm³/mol. The molecule has 1 saturated heterocycles. The molecule has 0 spiro atoms. The Labute approximate surface area is 123 Å². The molecular weight excluding hydrogens is 268 g/mol. The van der Waals surface area contributed by atoms with Gasteiger partial charge in [-0.2, -0.15) is 0 Å². The third kappa shape index (κ3) is 2.95. The Hall–Kier alpha value is -2.21. The number of benzene rings is 1. The molecule has 2 aromatic rings. The number of ether oxygens (including phenoxy) is 1. The summed E-state index contributed by atoms with van der Waals surface area (Å²) in [5.41, 5.74) is 3.60. The molecule has 1 amide bonds. The van der Waals surface area contributed by atoms with Crippen LogP contribution in [-0.4, -0.2) is 52.1 Å². The minimum Gasteiger partial charge on any atom is -0.378 e. The van der Waals surface area contributed by atoms with Crippen molar-refractivity contribution < 1.29 is 9.53 Å². The molecule has 0 radical (unpaired) electrons. The lowest BCUT2D eigenvalue weighted by molar-refractivity contribution is 0.0299. The highest BCUT2D eigenvalue weighted by atomic mass is 16.5. The van der Waals surface area contributed by atoms with E-state index in [1.807, 2.05) is 26.0 Å². The summed E-state index contributed by atoms with van der Waals surface area (Å²) in [6, 6.07) is 6.13. The van der Waals surface area contributed by atoms with Gasteiger partial charge in [0, 0.05) is 13.1 Å². The third-order valence-electron chi connectivity index (χ3n) is 3.48. The molecule has 0 aliphatic carbocycles. The maximum atomic E-state index is 12.3. The van der Waals surface area contributed by atoms with Crippen LogP contribution < -0.4 is 0 Å². The van der Waals surface area contributed by atoms with Crippen LogP contribution in [0.4, 0.5) is 0 Å². The fourth-order valence-electron chi connectivity index (χ4n) is 2.50. The molecule has 1 aromatic heterocycles. The Morgan fingerprint density at radius 2 is 1.81 bits per heavy atom. The van der Waals surface area contributed by atoms with Crippen molar-refractivity contribution >= 4 is 5.91 Å². The summed E-state index contributed by atoms with van der Waals surface area (Å²) in [5, 5.41) is 8.08. The smallest absolute Gasteiger partial charge is 0.276 e. The Morgan fingerprint density at radius 3 is 2.48 bits per heavy atom. The van der Waals surface area contributed by atoms with Crippen LogP contribution in [0.2, 0.25) is 0 Å². The number of aromatic nitrogens is 3. The van der Waals surface area contributed by atoms with Crippen LogP contribution >= 0.6 is 0 Å². The molecule has 21 heavy (non-hydrogen) atoms. The van der Waals surface area contributed by atoms with Gasteiger partial charge in [0.05, 0.1) is 25.1 Å². The maximum Gasteiger partial charge on any atom is 0.276 e. The van der Waals surface area contributed by atoms with E-state index in [9.17, 15) is 4.79 Å². The van der Waals surface area contributed by atoms with E-state index in [0.717, 1.165) is 16.8 Å². The second-order valence-electron chi connectivity index (χ2n) is 5.30. The highest BCUT2D eigenvalue weighted by molar-refractivity contribution is 5.92. The maximum absolute atomic E-state index is 12.3. The molecule has 0 saturated carbocycles. The van der Waals surface area contributed by atoms with Crippen molar-refractivity contribution in [2.75, 3.05) is 26.3 Å². The van der Waals surface area contributed by atoms with Gasteiger partial charge in [-0.05, 0) is 37.1 Å². The minimum absolute atomic E-state index is 0.0890. The van der Waals surface area contributed by atoms with Gasteiger partial charge in [0.15, 0.2) is 5.69 Å². The summed E-state index contributed by atoms with van der Waals surface area (Å²) in [4.78, 5) is 14.1. The molecule has 3 rings (SSSR count). The summed E-state index contributed by atoms with van der Waals surface area (Å²) < 4.78 is 6.90. The van der Waals surface area contributed by atoms with Crippen molar-refractivity contribution in [3.8, 4) is 5.69 Å². The minimum atomic E-state index is -0.0890. The monoisotopic (exact) mass is 286 g/mol. The lowest BCUT2D eigenvalue weighted by Gasteiger charge is -2.25. The lowest BCUT2D eigenvalue weighted by atomic mass is 10.1. The molecule has 0 N–H and O–H groups in total. The van der Waals surface area contributed by atoms with Crippen LogP contribution in [0.1, 0.15) is 21.6 Å². The number of aryl methyl sites for hydroxylation is 2. The van der Waals surface area contributed by atoms with E-state index in [0.29, 0.717) is 32.0 Å². The molecule has 6 heteroatoms. The summed E-state index contributed by atoms with van der Waals surface area (Å²) in [6.45, 7) is 6.44. The Kier molecular flexibility index (Phi) is 3.70. The van der Waals surface area contributed by atoms with Crippen molar-refractivity contribution in [1.29, 1.82) is 0 Å². The zero-order valence-electron chi connectivity index (χ0n) is 12.2. The van der Waals surface area contributed by atoms with Crippen molar-refractivity contribution in [2.45, 2.75) is 13.8 Å². The van der Waals surface area contributed by atoms with Crippen LogP contribution in [0.25, 0.3) is 5.69 Å². The number of amides is 1. The van der Waals surface area contributed by atoms with Crippen LogP contribution in [0.15, 0.2) is 24.4 Å². The van der Waals surface area contributed by atoms with Gasteiger partial charge in [0.25, 0.3) is 5.91 Å². The topological polar surface area (TPSA) is 60.2 Å². The first-order valence-electron chi connectivity index (χ1n) is 7.01. The lowest BCUT2D eigenvalue weighted by Crippen LogP contribution is -2.40. The summed E-state index contributed by atoms with van der Waals surface area (Å²) in [6.07, 6.45) is 1.69. The van der Waals surface area contributed by atoms with E-state index in [1.165, 1.54) is 0 Å². The molecule has 1 aromatic carbocycles. The van der Waals surface area contributed by atoms with Gasteiger partial charge in [0.1, 0.15) is 0 Å². The molecular formula is C15H18N4O2. The number of rotatable bonds is 2. The predicted octanol–water partition coefficient (Wildman–Crippen LogP) is 1.36. The highest BCUT2D eigenvalue weighted by Gasteiger charge is 2.21. The van der Waals surface area contributed by atoms with Crippen LogP contribution in [-0.2, 0) is 4.74 Å². The van der Waals surface area contributed by atoms with Crippen LogP contribution in [0.5, 0.6) is 0 Å². The Bertz CT molecular complexity index is 639. The van der Waals surface area contributed by atoms with Gasteiger partial charge >= 0.3 is 0 Å².